The van der Waals surface area contributed by atoms with Crippen molar-refractivity contribution in [3.8, 4) is 0 Å². The van der Waals surface area contributed by atoms with Crippen molar-refractivity contribution in [1.29, 1.82) is 0 Å². The van der Waals surface area contributed by atoms with Crippen molar-refractivity contribution in [1.82, 2.24) is 0 Å². The van der Waals surface area contributed by atoms with Crippen molar-refractivity contribution in [2.24, 2.45) is 5.92 Å². The Morgan fingerprint density at radius 3 is 2.23 bits per heavy atom. The molecule has 1 aliphatic rings. The Morgan fingerprint density at radius 2 is 1.77 bits per heavy atom. The molecule has 0 aromatic heterocycles. The second kappa shape index (κ2) is 4.70. The normalized spacial score (nSPS) is 24.7. The molecule has 0 aromatic rings. The van der Waals surface area contributed by atoms with E-state index in [0.29, 0.717) is 12.3 Å². The minimum absolute atomic E-state index is 0.480. The van der Waals surface area contributed by atoms with E-state index in [2.05, 4.69) is 0 Å². The van der Waals surface area contributed by atoms with E-state index in [1.165, 1.54) is 26.2 Å². The molecule has 13 heavy (non-hydrogen) atoms. The van der Waals surface area contributed by atoms with Gasteiger partial charge in [-0.2, -0.15) is 0 Å². The Kier molecular flexibility index (Phi) is 4.11. The molecule has 78 valence electrons. The molecule has 1 fully saturated rings. The summed E-state index contributed by atoms with van der Waals surface area (Å²) in [5.41, 5.74) is 0. The van der Waals surface area contributed by atoms with E-state index >= 15 is 0 Å². The van der Waals surface area contributed by atoms with Crippen LogP contribution in [0.4, 0.5) is 0 Å². The minimum Gasteiger partial charge on any atom is -0.381 e. The van der Waals surface area contributed by atoms with Crippen LogP contribution in [-0.4, -0.2) is 20.2 Å². The highest BCUT2D eigenvalue weighted by Crippen LogP contribution is 2.45. The lowest BCUT2D eigenvalue weighted by atomic mass is 9.85. The lowest BCUT2D eigenvalue weighted by Gasteiger charge is -2.30. The molecule has 1 unspecified atom stereocenters. The summed E-state index contributed by atoms with van der Waals surface area (Å²) < 4.78 is 0. The summed E-state index contributed by atoms with van der Waals surface area (Å²) in [5, 5.41) is 8.41. The molecular formula is C9H19O3P. The highest BCUT2D eigenvalue weighted by Gasteiger charge is 2.33. The number of aliphatic hydroxyl groups is 1. The van der Waals surface area contributed by atoms with Gasteiger partial charge in [-0.1, -0.05) is 32.1 Å². The van der Waals surface area contributed by atoms with Crippen LogP contribution in [0.15, 0.2) is 0 Å². The maximum absolute atomic E-state index is 9.67. The Morgan fingerprint density at radius 1 is 1.23 bits per heavy atom. The summed E-state index contributed by atoms with van der Waals surface area (Å²) in [6.45, 7) is 1.52. The predicted molar refractivity (Wildman–Crippen MR) is 53.2 cm³/mol. The lowest BCUT2D eigenvalue weighted by Crippen LogP contribution is -2.26. The van der Waals surface area contributed by atoms with Gasteiger partial charge in [0.15, 0.2) is 8.38 Å². The molecule has 4 heteroatoms. The van der Waals surface area contributed by atoms with E-state index in [0.717, 1.165) is 12.8 Å². The van der Waals surface area contributed by atoms with Gasteiger partial charge in [0, 0.05) is 0 Å². The SMILES string of the molecule is CC(O)(CC1CCCCC1)P(O)O. The topological polar surface area (TPSA) is 60.7 Å². The molecule has 0 heterocycles. The third-order valence-electron chi connectivity index (χ3n) is 2.83. The van der Waals surface area contributed by atoms with Gasteiger partial charge in [-0.3, -0.25) is 0 Å². The van der Waals surface area contributed by atoms with Gasteiger partial charge in [0.25, 0.3) is 0 Å². The second-order valence-corrected chi connectivity index (χ2v) is 5.76. The molecule has 1 rings (SSSR count). The van der Waals surface area contributed by atoms with Gasteiger partial charge in [-0.25, -0.2) is 0 Å². The van der Waals surface area contributed by atoms with E-state index in [-0.39, 0.29) is 0 Å². The van der Waals surface area contributed by atoms with Crippen LogP contribution >= 0.6 is 8.38 Å². The van der Waals surface area contributed by atoms with Gasteiger partial charge >= 0.3 is 0 Å². The summed E-state index contributed by atoms with van der Waals surface area (Å²) in [6.07, 6.45) is 6.50. The van der Waals surface area contributed by atoms with Crippen molar-refractivity contribution in [3.05, 3.63) is 0 Å². The molecule has 0 bridgehead atoms. The maximum atomic E-state index is 9.67. The van der Waals surface area contributed by atoms with Gasteiger partial charge in [-0.15, -0.1) is 0 Å². The predicted octanol–water partition coefficient (Wildman–Crippen LogP) is 1.96. The molecule has 3 N–H and O–H groups in total. The fourth-order valence-corrected chi connectivity index (χ4v) is 2.44. The van der Waals surface area contributed by atoms with Crippen LogP contribution < -0.4 is 0 Å². The zero-order chi connectivity index (χ0) is 9.90. The van der Waals surface area contributed by atoms with E-state index in [1.54, 1.807) is 0 Å². The molecule has 1 aliphatic carbocycles. The first kappa shape index (κ1) is 11.4. The summed E-state index contributed by atoms with van der Waals surface area (Å²) in [7, 11) is -2.21. The summed E-state index contributed by atoms with van der Waals surface area (Å²) >= 11 is 0. The quantitative estimate of drug-likeness (QED) is 0.618. The van der Waals surface area contributed by atoms with Crippen molar-refractivity contribution >= 4 is 8.38 Å². The van der Waals surface area contributed by atoms with Crippen LogP contribution in [0.3, 0.4) is 0 Å². The van der Waals surface area contributed by atoms with E-state index in [1.807, 2.05) is 0 Å². The van der Waals surface area contributed by atoms with Crippen molar-refractivity contribution in [3.63, 3.8) is 0 Å². The Balaban J connectivity index is 2.37. The van der Waals surface area contributed by atoms with Crippen LogP contribution in [0.2, 0.25) is 0 Å². The van der Waals surface area contributed by atoms with Crippen LogP contribution in [0.1, 0.15) is 45.4 Å². The third-order valence-corrected chi connectivity index (χ3v) is 3.88. The van der Waals surface area contributed by atoms with Gasteiger partial charge in [0.2, 0.25) is 0 Å². The van der Waals surface area contributed by atoms with Gasteiger partial charge in [-0.05, 0) is 19.3 Å². The first-order valence-corrected chi connectivity index (χ1v) is 6.17. The number of hydrogen-bond donors (Lipinski definition) is 3. The van der Waals surface area contributed by atoms with E-state index in [4.69, 9.17) is 9.79 Å². The van der Waals surface area contributed by atoms with Gasteiger partial charge in [0.05, 0.1) is 0 Å². The molecule has 3 nitrogen and oxygen atoms in total. The highest BCUT2D eigenvalue weighted by molar-refractivity contribution is 7.46. The second-order valence-electron chi connectivity index (χ2n) is 4.21. The average molecular weight is 206 g/mol. The van der Waals surface area contributed by atoms with E-state index in [9.17, 15) is 5.11 Å². The molecular weight excluding hydrogens is 187 g/mol. The van der Waals surface area contributed by atoms with Crippen LogP contribution in [-0.2, 0) is 0 Å². The molecule has 0 spiro atoms. The van der Waals surface area contributed by atoms with Crippen LogP contribution in [0.25, 0.3) is 0 Å². The lowest BCUT2D eigenvalue weighted by molar-refractivity contribution is 0.0891. The number of rotatable bonds is 3. The minimum atomic E-state index is -2.21. The Hall–Kier alpha value is 0.310. The van der Waals surface area contributed by atoms with Crippen LogP contribution in [0, 0.1) is 5.92 Å². The Bertz CT molecular complexity index is 153. The molecule has 1 saturated carbocycles. The van der Waals surface area contributed by atoms with Crippen molar-refractivity contribution in [2.75, 3.05) is 0 Å². The summed E-state index contributed by atoms with van der Waals surface area (Å²) in [4.78, 5) is 18.0. The van der Waals surface area contributed by atoms with Gasteiger partial charge in [0.1, 0.15) is 5.34 Å². The molecule has 0 saturated heterocycles. The molecule has 0 radical (unpaired) electrons. The van der Waals surface area contributed by atoms with Crippen molar-refractivity contribution < 1.29 is 14.9 Å². The first-order chi connectivity index (χ1) is 6.02. The molecule has 0 aliphatic heterocycles. The fourth-order valence-electron chi connectivity index (χ4n) is 2.02. The van der Waals surface area contributed by atoms with E-state index < -0.39 is 13.7 Å². The standard InChI is InChI=1S/C9H19O3P/c1-9(10,13(11)12)7-8-5-3-2-4-6-8/h8,10-12H,2-7H2,1H3. The average Bonchev–Trinajstić information content (AvgIpc) is 2.05. The highest BCUT2D eigenvalue weighted by atomic mass is 31.2. The molecule has 0 aromatic carbocycles. The summed E-state index contributed by atoms with van der Waals surface area (Å²) in [5.74, 6) is 0.480. The van der Waals surface area contributed by atoms with Gasteiger partial charge < -0.3 is 14.9 Å². The number of hydrogen-bond acceptors (Lipinski definition) is 3. The molecule has 0 amide bonds. The van der Waals surface area contributed by atoms with Crippen molar-refractivity contribution in [2.45, 2.75) is 50.8 Å². The Labute approximate surface area is 80.7 Å². The molecule has 1 atom stereocenters. The third kappa shape index (κ3) is 3.51. The van der Waals surface area contributed by atoms with Crippen LogP contribution in [0.5, 0.6) is 0 Å². The summed E-state index contributed by atoms with van der Waals surface area (Å²) in [6, 6.07) is 0. The first-order valence-electron chi connectivity index (χ1n) is 4.93. The zero-order valence-electron chi connectivity index (χ0n) is 8.11. The zero-order valence-corrected chi connectivity index (χ0v) is 9.00. The maximum Gasteiger partial charge on any atom is 0.198 e. The fraction of sp³-hybridized carbons (Fsp3) is 1.00. The smallest absolute Gasteiger partial charge is 0.198 e. The monoisotopic (exact) mass is 206 g/mol. The largest absolute Gasteiger partial charge is 0.381 e.